The lowest BCUT2D eigenvalue weighted by Gasteiger charge is -2.07. The van der Waals surface area contributed by atoms with Gasteiger partial charge in [-0.1, -0.05) is 25.5 Å². The Morgan fingerprint density at radius 1 is 0.957 bits per heavy atom. The fraction of sp³-hybridized carbons (Fsp3) is 0.263. The zero-order valence-corrected chi connectivity index (χ0v) is 13.5. The molecular formula is C19H21NO3. The van der Waals surface area contributed by atoms with Crippen LogP contribution in [-0.2, 0) is 11.2 Å². The summed E-state index contributed by atoms with van der Waals surface area (Å²) in [6, 6.07) is 14.3. The maximum atomic E-state index is 12.2. The standard InChI is InChI=1S/C19H21NO3/c1-3-4-5-14-6-12-17(13-7-14)20-18(21)15-8-10-16(11-9-15)19(22)23-2/h6-13H,3-5H2,1-2H3,(H,20,21). The van der Waals surface area contributed by atoms with E-state index in [4.69, 9.17) is 0 Å². The molecular weight excluding hydrogens is 290 g/mol. The predicted octanol–water partition coefficient (Wildman–Crippen LogP) is 4.07. The summed E-state index contributed by atoms with van der Waals surface area (Å²) in [4.78, 5) is 23.6. The maximum absolute atomic E-state index is 12.2. The molecule has 0 aliphatic carbocycles. The van der Waals surface area contributed by atoms with Crippen molar-refractivity contribution in [3.8, 4) is 0 Å². The second-order valence-corrected chi connectivity index (χ2v) is 5.32. The quantitative estimate of drug-likeness (QED) is 0.818. The van der Waals surface area contributed by atoms with Gasteiger partial charge in [-0.3, -0.25) is 4.79 Å². The molecule has 0 atom stereocenters. The average molecular weight is 311 g/mol. The zero-order chi connectivity index (χ0) is 16.7. The van der Waals surface area contributed by atoms with Crippen LogP contribution < -0.4 is 5.32 Å². The SMILES string of the molecule is CCCCc1ccc(NC(=O)c2ccc(C(=O)OC)cc2)cc1. The van der Waals surface area contributed by atoms with Gasteiger partial charge >= 0.3 is 5.97 Å². The topological polar surface area (TPSA) is 55.4 Å². The van der Waals surface area contributed by atoms with Crippen molar-refractivity contribution >= 4 is 17.6 Å². The van der Waals surface area contributed by atoms with Gasteiger partial charge in [-0.05, 0) is 54.8 Å². The van der Waals surface area contributed by atoms with Gasteiger partial charge in [0.25, 0.3) is 5.91 Å². The molecule has 2 aromatic carbocycles. The number of esters is 1. The highest BCUT2D eigenvalue weighted by molar-refractivity contribution is 6.04. The minimum absolute atomic E-state index is 0.206. The van der Waals surface area contributed by atoms with E-state index in [0.29, 0.717) is 11.1 Å². The number of carbonyl (C=O) groups excluding carboxylic acids is 2. The number of benzene rings is 2. The number of unbranched alkanes of at least 4 members (excludes halogenated alkanes) is 1. The van der Waals surface area contributed by atoms with Gasteiger partial charge in [0.1, 0.15) is 0 Å². The summed E-state index contributed by atoms with van der Waals surface area (Å²) < 4.78 is 4.63. The first-order valence-corrected chi connectivity index (χ1v) is 7.72. The molecule has 2 rings (SSSR count). The zero-order valence-electron chi connectivity index (χ0n) is 13.5. The van der Waals surface area contributed by atoms with Crippen molar-refractivity contribution < 1.29 is 14.3 Å². The molecule has 1 N–H and O–H groups in total. The van der Waals surface area contributed by atoms with Crippen LogP contribution in [0.4, 0.5) is 5.69 Å². The molecule has 0 unspecified atom stereocenters. The number of anilines is 1. The fourth-order valence-corrected chi connectivity index (χ4v) is 2.21. The number of methoxy groups -OCH3 is 1. The molecule has 1 amide bonds. The molecule has 2 aromatic rings. The normalized spacial score (nSPS) is 10.2. The summed E-state index contributed by atoms with van der Waals surface area (Å²) in [5.41, 5.74) is 2.94. The number of aryl methyl sites for hydroxylation is 1. The lowest BCUT2D eigenvalue weighted by atomic mass is 10.1. The third kappa shape index (κ3) is 4.68. The van der Waals surface area contributed by atoms with E-state index in [0.717, 1.165) is 18.5 Å². The highest BCUT2D eigenvalue weighted by Gasteiger charge is 2.09. The van der Waals surface area contributed by atoms with Gasteiger partial charge in [0, 0.05) is 11.3 Å². The Hall–Kier alpha value is -2.62. The molecule has 0 fully saturated rings. The smallest absolute Gasteiger partial charge is 0.337 e. The van der Waals surface area contributed by atoms with Crippen LogP contribution in [-0.4, -0.2) is 19.0 Å². The summed E-state index contributed by atoms with van der Waals surface area (Å²) in [6.07, 6.45) is 3.39. The molecule has 0 aromatic heterocycles. The molecule has 0 bridgehead atoms. The molecule has 120 valence electrons. The minimum atomic E-state index is -0.417. The molecule has 0 saturated carbocycles. The minimum Gasteiger partial charge on any atom is -0.465 e. The first-order chi connectivity index (χ1) is 11.1. The van der Waals surface area contributed by atoms with Crippen LogP contribution in [0.25, 0.3) is 0 Å². The van der Waals surface area contributed by atoms with Gasteiger partial charge in [-0.2, -0.15) is 0 Å². The van der Waals surface area contributed by atoms with Crippen molar-refractivity contribution in [2.24, 2.45) is 0 Å². The van der Waals surface area contributed by atoms with Gasteiger partial charge in [-0.25, -0.2) is 4.79 Å². The lowest BCUT2D eigenvalue weighted by molar-refractivity contribution is 0.0600. The van der Waals surface area contributed by atoms with Crippen molar-refractivity contribution in [2.45, 2.75) is 26.2 Å². The highest BCUT2D eigenvalue weighted by Crippen LogP contribution is 2.14. The van der Waals surface area contributed by atoms with E-state index in [1.54, 1.807) is 24.3 Å². The van der Waals surface area contributed by atoms with Crippen LogP contribution in [0.1, 0.15) is 46.0 Å². The number of carbonyl (C=O) groups is 2. The van der Waals surface area contributed by atoms with Crippen molar-refractivity contribution in [1.29, 1.82) is 0 Å². The van der Waals surface area contributed by atoms with Gasteiger partial charge in [0.15, 0.2) is 0 Å². The van der Waals surface area contributed by atoms with Gasteiger partial charge in [-0.15, -0.1) is 0 Å². The first-order valence-electron chi connectivity index (χ1n) is 7.72. The summed E-state index contributed by atoms with van der Waals surface area (Å²) >= 11 is 0. The van der Waals surface area contributed by atoms with E-state index < -0.39 is 5.97 Å². The number of amides is 1. The largest absolute Gasteiger partial charge is 0.465 e. The van der Waals surface area contributed by atoms with Crippen LogP contribution in [0.5, 0.6) is 0 Å². The Morgan fingerprint density at radius 3 is 2.13 bits per heavy atom. The monoisotopic (exact) mass is 311 g/mol. The van der Waals surface area contributed by atoms with Crippen LogP contribution >= 0.6 is 0 Å². The summed E-state index contributed by atoms with van der Waals surface area (Å²) in [7, 11) is 1.33. The molecule has 0 aliphatic heterocycles. The number of nitrogens with one attached hydrogen (secondary N) is 1. The third-order valence-corrected chi connectivity index (χ3v) is 3.60. The van der Waals surface area contributed by atoms with Gasteiger partial charge in [0.2, 0.25) is 0 Å². The second kappa shape index (κ2) is 8.13. The van der Waals surface area contributed by atoms with E-state index in [1.165, 1.54) is 19.1 Å². The highest BCUT2D eigenvalue weighted by atomic mass is 16.5. The number of rotatable bonds is 6. The van der Waals surface area contributed by atoms with E-state index in [2.05, 4.69) is 17.0 Å². The lowest BCUT2D eigenvalue weighted by Crippen LogP contribution is -2.12. The Balaban J connectivity index is 1.99. The second-order valence-electron chi connectivity index (χ2n) is 5.32. The van der Waals surface area contributed by atoms with E-state index in [1.807, 2.05) is 24.3 Å². The van der Waals surface area contributed by atoms with E-state index in [-0.39, 0.29) is 5.91 Å². The Morgan fingerprint density at radius 2 is 1.57 bits per heavy atom. The van der Waals surface area contributed by atoms with Crippen molar-refractivity contribution in [3.05, 3.63) is 65.2 Å². The maximum Gasteiger partial charge on any atom is 0.337 e. The molecule has 0 saturated heterocycles. The van der Waals surface area contributed by atoms with Gasteiger partial charge < -0.3 is 10.1 Å². The molecule has 0 aliphatic rings. The molecule has 23 heavy (non-hydrogen) atoms. The fourth-order valence-electron chi connectivity index (χ4n) is 2.21. The molecule has 4 heteroatoms. The molecule has 0 spiro atoms. The van der Waals surface area contributed by atoms with Crippen LogP contribution in [0.3, 0.4) is 0 Å². The third-order valence-electron chi connectivity index (χ3n) is 3.60. The number of hydrogen-bond donors (Lipinski definition) is 1. The van der Waals surface area contributed by atoms with Gasteiger partial charge in [0.05, 0.1) is 12.7 Å². The molecule has 0 radical (unpaired) electrons. The summed E-state index contributed by atoms with van der Waals surface area (Å²) in [5, 5.41) is 2.85. The molecule has 4 nitrogen and oxygen atoms in total. The summed E-state index contributed by atoms with van der Waals surface area (Å²) in [5.74, 6) is -0.623. The number of ether oxygens (including phenoxy) is 1. The van der Waals surface area contributed by atoms with E-state index >= 15 is 0 Å². The Bertz CT molecular complexity index is 660. The van der Waals surface area contributed by atoms with E-state index in [9.17, 15) is 9.59 Å². The average Bonchev–Trinajstić information content (AvgIpc) is 2.60. The molecule has 0 heterocycles. The van der Waals surface area contributed by atoms with Crippen LogP contribution in [0, 0.1) is 0 Å². The first kappa shape index (κ1) is 16.7. The predicted molar refractivity (Wildman–Crippen MR) is 90.8 cm³/mol. The summed E-state index contributed by atoms with van der Waals surface area (Å²) in [6.45, 7) is 2.17. The Kier molecular flexibility index (Phi) is 5.92. The Labute approximate surface area is 136 Å². The van der Waals surface area contributed by atoms with Crippen LogP contribution in [0.15, 0.2) is 48.5 Å². The van der Waals surface area contributed by atoms with Crippen molar-refractivity contribution in [2.75, 3.05) is 12.4 Å². The van der Waals surface area contributed by atoms with Crippen molar-refractivity contribution in [1.82, 2.24) is 0 Å². The van der Waals surface area contributed by atoms with Crippen molar-refractivity contribution in [3.63, 3.8) is 0 Å². The number of hydrogen-bond acceptors (Lipinski definition) is 3. The van der Waals surface area contributed by atoms with Crippen LogP contribution in [0.2, 0.25) is 0 Å².